The number of halogens is 5. The van der Waals surface area contributed by atoms with E-state index in [9.17, 15) is 26.7 Å². The minimum Gasteiger partial charge on any atom is -0.486 e. The molecule has 13 heteroatoms. The molecule has 0 saturated heterocycles. The number of hydrogen-bond acceptors (Lipinski definition) is 7. The van der Waals surface area contributed by atoms with Gasteiger partial charge >= 0.3 is 18.4 Å². The summed E-state index contributed by atoms with van der Waals surface area (Å²) < 4.78 is 97.5. The molecular weight excluding hydrogens is 603 g/mol. The predicted molar refractivity (Wildman–Crippen MR) is 149 cm³/mol. The molecule has 2 heterocycles. The van der Waals surface area contributed by atoms with Crippen LogP contribution in [0.5, 0.6) is 17.2 Å². The van der Waals surface area contributed by atoms with Gasteiger partial charge in [-0.1, -0.05) is 12.1 Å². The average molecular weight is 637 g/mol. The lowest BCUT2D eigenvalue weighted by Gasteiger charge is -2.33. The van der Waals surface area contributed by atoms with Gasteiger partial charge in [0.05, 0.1) is 30.0 Å². The predicted octanol–water partition coefficient (Wildman–Crippen LogP) is 7.87. The summed E-state index contributed by atoms with van der Waals surface area (Å²) in [6.45, 7) is 3.79. The van der Waals surface area contributed by atoms with Crippen molar-refractivity contribution >= 4 is 5.97 Å². The van der Waals surface area contributed by atoms with Crippen molar-refractivity contribution in [2.24, 2.45) is 5.92 Å². The molecular formula is C32H33F5N2O6. The van der Waals surface area contributed by atoms with E-state index in [1.807, 2.05) is 0 Å². The van der Waals surface area contributed by atoms with Gasteiger partial charge in [-0.05, 0) is 88.6 Å². The molecule has 1 fully saturated rings. The quantitative estimate of drug-likeness (QED) is 0.184. The van der Waals surface area contributed by atoms with Gasteiger partial charge in [0.2, 0.25) is 0 Å². The summed E-state index contributed by atoms with van der Waals surface area (Å²) in [7, 11) is 0. The van der Waals surface area contributed by atoms with Crippen molar-refractivity contribution in [2.45, 2.75) is 89.6 Å². The maximum Gasteiger partial charge on any atom is 0.586 e. The van der Waals surface area contributed by atoms with Gasteiger partial charge in [0.15, 0.2) is 17.2 Å². The van der Waals surface area contributed by atoms with Gasteiger partial charge in [0.1, 0.15) is 18.0 Å². The Morgan fingerprint density at radius 1 is 1.07 bits per heavy atom. The second-order valence-electron chi connectivity index (χ2n) is 11.5. The van der Waals surface area contributed by atoms with Crippen LogP contribution in [-0.4, -0.2) is 34.8 Å². The van der Waals surface area contributed by atoms with E-state index in [0.717, 1.165) is 0 Å². The second-order valence-corrected chi connectivity index (χ2v) is 11.5. The molecule has 6 rings (SSSR count). The number of alkyl halides is 5. The molecule has 0 spiro atoms. The Kier molecular flexibility index (Phi) is 8.40. The Balaban J connectivity index is 1.24. The zero-order valence-electron chi connectivity index (χ0n) is 24.7. The van der Waals surface area contributed by atoms with E-state index in [-0.39, 0.29) is 41.5 Å². The van der Waals surface area contributed by atoms with Crippen LogP contribution in [0.2, 0.25) is 0 Å². The van der Waals surface area contributed by atoms with Gasteiger partial charge in [0, 0.05) is 11.6 Å². The highest BCUT2D eigenvalue weighted by Crippen LogP contribution is 2.44. The van der Waals surface area contributed by atoms with Crippen LogP contribution in [0.4, 0.5) is 22.0 Å². The molecule has 3 aliphatic rings. The van der Waals surface area contributed by atoms with Crippen molar-refractivity contribution in [1.29, 1.82) is 0 Å². The Labute approximate surface area is 256 Å². The summed E-state index contributed by atoms with van der Waals surface area (Å²) in [6.07, 6.45) is -6.18. The first kappa shape index (κ1) is 31.1. The first-order chi connectivity index (χ1) is 21.4. The van der Waals surface area contributed by atoms with E-state index in [2.05, 4.69) is 14.6 Å². The Morgan fingerprint density at radius 2 is 1.82 bits per heavy atom. The van der Waals surface area contributed by atoms with Crippen molar-refractivity contribution in [1.82, 2.24) is 9.78 Å². The number of hydrogen-bond donors (Lipinski definition) is 0. The molecule has 3 aromatic rings. The molecule has 1 aromatic heterocycles. The minimum atomic E-state index is -4.66. The first-order valence-corrected chi connectivity index (χ1v) is 15.1. The topological polar surface area (TPSA) is 81.0 Å². The number of fused-ring (bicyclic) bond motifs is 2. The van der Waals surface area contributed by atoms with E-state index in [4.69, 9.17) is 14.2 Å². The van der Waals surface area contributed by atoms with Crippen molar-refractivity contribution in [3.05, 3.63) is 65.0 Å². The number of carbonyl (C=O) groups is 1. The van der Waals surface area contributed by atoms with Crippen LogP contribution in [0.1, 0.15) is 87.1 Å². The fraction of sp³-hybridized carbons (Fsp3) is 0.500. The number of aromatic nitrogens is 2. The molecule has 2 aromatic carbocycles. The second kappa shape index (κ2) is 12.1. The molecule has 8 nitrogen and oxygen atoms in total. The third-order valence-corrected chi connectivity index (χ3v) is 8.41. The monoisotopic (exact) mass is 636 g/mol. The van der Waals surface area contributed by atoms with Crippen LogP contribution < -0.4 is 14.2 Å². The highest BCUT2D eigenvalue weighted by molar-refractivity contribution is 5.72. The smallest absolute Gasteiger partial charge is 0.486 e. The van der Waals surface area contributed by atoms with E-state index >= 15 is 0 Å². The van der Waals surface area contributed by atoms with E-state index in [0.29, 0.717) is 67.8 Å². The van der Waals surface area contributed by atoms with Gasteiger partial charge in [-0.15, -0.1) is 8.78 Å². The number of esters is 1. The summed E-state index contributed by atoms with van der Waals surface area (Å²) >= 11 is 0. The largest absolute Gasteiger partial charge is 0.586 e. The molecule has 2 atom stereocenters. The normalized spacial score (nSPS) is 22.9. The lowest BCUT2D eigenvalue weighted by atomic mass is 9.86. The van der Waals surface area contributed by atoms with Gasteiger partial charge in [-0.25, -0.2) is 4.68 Å². The van der Waals surface area contributed by atoms with Gasteiger partial charge in [0.25, 0.3) is 0 Å². The fourth-order valence-electron chi connectivity index (χ4n) is 6.30. The number of nitrogens with zero attached hydrogens (tertiary/aromatic N) is 2. The third-order valence-electron chi connectivity index (χ3n) is 8.41. The van der Waals surface area contributed by atoms with Crippen molar-refractivity contribution in [3.63, 3.8) is 0 Å². The standard InChI is InChI=1S/C32H33F5N2O6/c1-3-41-30(40)19-10-13-22(14-11-19)43-26-9-5-8-24-28(26)39(38-29(24)31(33,34)35)21-6-4-7-23(17-21)42-18(2)20-12-15-25-27(16-20)45-32(36,37)44-25/h4,6-7,12,15-19,22,26H,3,5,8-11,13-14H2,1-2H3/t18?,19-,22-,26?. The lowest BCUT2D eigenvalue weighted by Crippen LogP contribution is -2.29. The van der Waals surface area contributed by atoms with Crippen molar-refractivity contribution < 1.29 is 50.4 Å². The van der Waals surface area contributed by atoms with Crippen LogP contribution in [0.3, 0.4) is 0 Å². The Bertz CT molecular complexity index is 1550. The number of rotatable bonds is 8. The Hall–Kier alpha value is -3.87. The number of ether oxygens (including phenoxy) is 5. The Morgan fingerprint density at radius 3 is 2.56 bits per heavy atom. The molecule has 242 valence electrons. The maximum atomic E-state index is 14.2. The highest BCUT2D eigenvalue weighted by Gasteiger charge is 2.44. The number of benzene rings is 2. The van der Waals surface area contributed by atoms with Crippen LogP contribution >= 0.6 is 0 Å². The molecule has 0 N–H and O–H groups in total. The molecule has 2 aliphatic carbocycles. The van der Waals surface area contributed by atoms with Gasteiger partial charge in [-0.2, -0.15) is 18.3 Å². The van der Waals surface area contributed by atoms with Gasteiger partial charge in [-0.3, -0.25) is 4.79 Å². The van der Waals surface area contributed by atoms with Crippen LogP contribution in [0.15, 0.2) is 42.5 Å². The van der Waals surface area contributed by atoms with Gasteiger partial charge < -0.3 is 23.7 Å². The molecule has 2 unspecified atom stereocenters. The van der Waals surface area contributed by atoms with Crippen molar-refractivity contribution in [2.75, 3.05) is 6.61 Å². The molecule has 45 heavy (non-hydrogen) atoms. The summed E-state index contributed by atoms with van der Waals surface area (Å²) in [5.41, 5.74) is 0.438. The van der Waals surface area contributed by atoms with E-state index in [1.54, 1.807) is 44.2 Å². The first-order valence-electron chi connectivity index (χ1n) is 15.1. The summed E-state index contributed by atoms with van der Waals surface area (Å²) in [6, 6.07) is 10.9. The third kappa shape index (κ3) is 6.58. The zero-order chi connectivity index (χ0) is 31.9. The van der Waals surface area contributed by atoms with Crippen molar-refractivity contribution in [3.8, 4) is 22.9 Å². The molecule has 0 radical (unpaired) electrons. The zero-order valence-corrected chi connectivity index (χ0v) is 24.7. The number of carbonyl (C=O) groups excluding carboxylic acids is 1. The minimum absolute atomic E-state index is 0.0920. The molecule has 1 aliphatic heterocycles. The highest BCUT2D eigenvalue weighted by atomic mass is 19.4. The summed E-state index contributed by atoms with van der Waals surface area (Å²) in [4.78, 5) is 12.2. The molecule has 1 saturated carbocycles. The lowest BCUT2D eigenvalue weighted by molar-refractivity contribution is -0.286. The van der Waals surface area contributed by atoms with Crippen LogP contribution in [0.25, 0.3) is 5.69 Å². The van der Waals surface area contributed by atoms with E-state index < -0.39 is 30.4 Å². The summed E-state index contributed by atoms with van der Waals surface area (Å²) in [5, 5.41) is 4.06. The van der Waals surface area contributed by atoms with Crippen LogP contribution in [-0.2, 0) is 26.9 Å². The molecule has 0 amide bonds. The molecule has 0 bridgehead atoms. The average Bonchev–Trinajstić information content (AvgIpc) is 3.54. The maximum absolute atomic E-state index is 14.2. The van der Waals surface area contributed by atoms with E-state index in [1.165, 1.54) is 16.8 Å². The SMILES string of the molecule is CCOC(=O)[C@H]1CC[C@H](OC2CCCc3c(C(F)(F)F)nn(-c4cccc(OC(C)c5ccc6c(c5)OC(F)(F)O6)c4)c32)CC1. The van der Waals surface area contributed by atoms with Crippen LogP contribution in [0, 0.1) is 5.92 Å². The fourth-order valence-corrected chi connectivity index (χ4v) is 6.30. The summed E-state index contributed by atoms with van der Waals surface area (Å²) in [5.74, 6) is -0.292.